The molecule has 4 heteroatoms. The van der Waals surface area contributed by atoms with Crippen molar-refractivity contribution in [1.82, 2.24) is 9.88 Å². The van der Waals surface area contributed by atoms with Crippen molar-refractivity contribution < 1.29 is 4.79 Å². The van der Waals surface area contributed by atoms with E-state index in [1.165, 1.54) is 32.1 Å². The zero-order valence-corrected chi connectivity index (χ0v) is 12.7. The predicted molar refractivity (Wildman–Crippen MR) is 81.9 cm³/mol. The van der Waals surface area contributed by atoms with Crippen LogP contribution >= 0.6 is 0 Å². The van der Waals surface area contributed by atoms with Crippen molar-refractivity contribution in [1.29, 1.82) is 0 Å². The molecular weight excluding hydrogens is 250 g/mol. The Morgan fingerprint density at radius 1 is 1.40 bits per heavy atom. The predicted octanol–water partition coefficient (Wildman–Crippen LogP) is 3.16. The lowest BCUT2D eigenvalue weighted by atomic mass is 9.84. The van der Waals surface area contributed by atoms with E-state index in [2.05, 4.69) is 17.2 Å². The molecule has 2 atom stereocenters. The molecule has 20 heavy (non-hydrogen) atoms. The minimum absolute atomic E-state index is 0.00670. The van der Waals surface area contributed by atoms with Crippen LogP contribution in [0, 0.1) is 5.92 Å². The van der Waals surface area contributed by atoms with Crippen LogP contribution in [0.2, 0.25) is 0 Å². The highest BCUT2D eigenvalue weighted by Crippen LogP contribution is 2.28. The van der Waals surface area contributed by atoms with Crippen molar-refractivity contribution in [2.24, 2.45) is 5.92 Å². The fourth-order valence-corrected chi connectivity index (χ4v) is 2.87. The fourth-order valence-electron chi connectivity index (χ4n) is 2.87. The quantitative estimate of drug-likeness (QED) is 0.918. The minimum atomic E-state index is -0.00670. The number of carbonyl (C=O) groups is 1. The number of hydrogen-bond acceptors (Lipinski definition) is 3. The molecule has 1 aromatic rings. The van der Waals surface area contributed by atoms with Gasteiger partial charge in [-0.25, -0.2) is 4.98 Å². The van der Waals surface area contributed by atoms with E-state index >= 15 is 0 Å². The van der Waals surface area contributed by atoms with Gasteiger partial charge < -0.3 is 10.2 Å². The van der Waals surface area contributed by atoms with Gasteiger partial charge in [0.15, 0.2) is 0 Å². The first kappa shape index (κ1) is 14.8. The molecule has 2 unspecified atom stereocenters. The molecule has 1 amide bonds. The Labute approximate surface area is 121 Å². The topological polar surface area (TPSA) is 45.2 Å². The molecule has 2 rings (SSSR count). The van der Waals surface area contributed by atoms with Gasteiger partial charge in [0.1, 0.15) is 5.82 Å². The summed E-state index contributed by atoms with van der Waals surface area (Å²) in [5, 5.41) is 3.50. The summed E-state index contributed by atoms with van der Waals surface area (Å²) in [5.74, 6) is 1.71. The monoisotopic (exact) mass is 275 g/mol. The number of rotatable bonds is 4. The maximum absolute atomic E-state index is 11.8. The molecule has 110 valence electrons. The van der Waals surface area contributed by atoms with Gasteiger partial charge in [0.05, 0.1) is 5.56 Å². The van der Waals surface area contributed by atoms with Crippen molar-refractivity contribution in [2.75, 3.05) is 19.4 Å². The van der Waals surface area contributed by atoms with E-state index in [9.17, 15) is 4.79 Å². The molecule has 1 saturated carbocycles. The van der Waals surface area contributed by atoms with Crippen LogP contribution in [0.4, 0.5) is 5.82 Å². The third-order valence-electron chi connectivity index (χ3n) is 4.13. The molecule has 0 aromatic carbocycles. The Kier molecular flexibility index (Phi) is 4.99. The van der Waals surface area contributed by atoms with E-state index in [4.69, 9.17) is 0 Å². The van der Waals surface area contributed by atoms with Crippen LogP contribution in [0.3, 0.4) is 0 Å². The van der Waals surface area contributed by atoms with Gasteiger partial charge in [0.2, 0.25) is 0 Å². The van der Waals surface area contributed by atoms with Gasteiger partial charge in [-0.15, -0.1) is 0 Å². The van der Waals surface area contributed by atoms with Crippen molar-refractivity contribution in [3.05, 3.63) is 23.9 Å². The zero-order chi connectivity index (χ0) is 14.5. The maximum atomic E-state index is 11.8. The average Bonchev–Trinajstić information content (AvgIpc) is 2.47. The standard InChI is InChI=1S/C16H25N3O/c1-4-12-6-5-7-14(10-12)18-15-9-8-13(11-17-15)16(20)19(2)3/h8-9,11-12,14H,4-7,10H2,1-3H3,(H,17,18). The van der Waals surface area contributed by atoms with Gasteiger partial charge in [0, 0.05) is 26.3 Å². The number of anilines is 1. The third-order valence-corrected chi connectivity index (χ3v) is 4.13. The van der Waals surface area contributed by atoms with Crippen molar-refractivity contribution in [2.45, 2.75) is 45.1 Å². The fraction of sp³-hybridized carbons (Fsp3) is 0.625. The van der Waals surface area contributed by atoms with Gasteiger partial charge in [-0.05, 0) is 30.9 Å². The normalized spacial score (nSPS) is 22.4. The lowest BCUT2D eigenvalue weighted by molar-refractivity contribution is 0.0827. The van der Waals surface area contributed by atoms with Crippen molar-refractivity contribution in [3.8, 4) is 0 Å². The number of pyridine rings is 1. The highest BCUT2D eigenvalue weighted by Gasteiger charge is 2.20. The number of nitrogens with one attached hydrogen (secondary N) is 1. The van der Waals surface area contributed by atoms with E-state index in [0.29, 0.717) is 11.6 Å². The Morgan fingerprint density at radius 3 is 2.80 bits per heavy atom. The molecule has 1 aromatic heterocycles. The number of nitrogens with zero attached hydrogens (tertiary/aromatic N) is 2. The summed E-state index contributed by atoms with van der Waals surface area (Å²) in [4.78, 5) is 17.7. The highest BCUT2D eigenvalue weighted by atomic mass is 16.2. The second-order valence-electron chi connectivity index (χ2n) is 5.91. The average molecular weight is 275 g/mol. The summed E-state index contributed by atoms with van der Waals surface area (Å²) < 4.78 is 0. The molecule has 0 bridgehead atoms. The molecule has 4 nitrogen and oxygen atoms in total. The minimum Gasteiger partial charge on any atom is -0.367 e. The van der Waals surface area contributed by atoms with E-state index in [1.807, 2.05) is 12.1 Å². The van der Waals surface area contributed by atoms with E-state index in [-0.39, 0.29) is 5.91 Å². The van der Waals surface area contributed by atoms with Gasteiger partial charge in [-0.2, -0.15) is 0 Å². The Hall–Kier alpha value is -1.58. The van der Waals surface area contributed by atoms with Gasteiger partial charge in [-0.3, -0.25) is 4.79 Å². The summed E-state index contributed by atoms with van der Waals surface area (Å²) in [7, 11) is 3.50. The number of carbonyl (C=O) groups excluding carboxylic acids is 1. The largest absolute Gasteiger partial charge is 0.367 e. The Bertz CT molecular complexity index is 442. The summed E-state index contributed by atoms with van der Waals surface area (Å²) in [6, 6.07) is 4.28. The van der Waals surface area contributed by atoms with E-state index in [1.54, 1.807) is 25.2 Å². The number of hydrogen-bond donors (Lipinski definition) is 1. The molecule has 0 aliphatic heterocycles. The first-order valence-electron chi connectivity index (χ1n) is 7.54. The molecular formula is C16H25N3O. The second-order valence-corrected chi connectivity index (χ2v) is 5.91. The van der Waals surface area contributed by atoms with E-state index in [0.717, 1.165) is 11.7 Å². The first-order valence-corrected chi connectivity index (χ1v) is 7.54. The lowest BCUT2D eigenvalue weighted by Crippen LogP contribution is -2.27. The number of amides is 1. The molecule has 0 radical (unpaired) electrons. The molecule has 0 spiro atoms. The zero-order valence-electron chi connectivity index (χ0n) is 12.7. The smallest absolute Gasteiger partial charge is 0.254 e. The molecule has 1 N–H and O–H groups in total. The lowest BCUT2D eigenvalue weighted by Gasteiger charge is -2.29. The molecule has 1 heterocycles. The van der Waals surface area contributed by atoms with Crippen LogP contribution in [-0.2, 0) is 0 Å². The van der Waals surface area contributed by atoms with Crippen LogP contribution in [-0.4, -0.2) is 35.9 Å². The van der Waals surface area contributed by atoms with Gasteiger partial charge >= 0.3 is 0 Å². The summed E-state index contributed by atoms with van der Waals surface area (Å²) >= 11 is 0. The Balaban J connectivity index is 1.95. The molecule has 1 aliphatic rings. The van der Waals surface area contributed by atoms with Crippen molar-refractivity contribution in [3.63, 3.8) is 0 Å². The molecule has 0 saturated heterocycles. The second kappa shape index (κ2) is 6.73. The van der Waals surface area contributed by atoms with Crippen LogP contribution in [0.5, 0.6) is 0 Å². The first-order chi connectivity index (χ1) is 9.60. The summed E-state index contributed by atoms with van der Waals surface area (Å²) in [5.41, 5.74) is 0.635. The van der Waals surface area contributed by atoms with Gasteiger partial charge in [-0.1, -0.05) is 26.2 Å². The van der Waals surface area contributed by atoms with Crippen LogP contribution < -0.4 is 5.32 Å². The van der Waals surface area contributed by atoms with Gasteiger partial charge in [0.25, 0.3) is 5.91 Å². The summed E-state index contributed by atoms with van der Waals surface area (Å²) in [6.07, 6.45) is 8.03. The maximum Gasteiger partial charge on any atom is 0.254 e. The molecule has 1 aliphatic carbocycles. The SMILES string of the molecule is CCC1CCCC(Nc2ccc(C(=O)N(C)C)cn2)C1. The number of aromatic nitrogens is 1. The third kappa shape index (κ3) is 3.71. The van der Waals surface area contributed by atoms with Crippen LogP contribution in [0.1, 0.15) is 49.4 Å². The van der Waals surface area contributed by atoms with Crippen LogP contribution in [0.25, 0.3) is 0 Å². The molecule has 1 fully saturated rings. The Morgan fingerprint density at radius 2 is 2.20 bits per heavy atom. The highest BCUT2D eigenvalue weighted by molar-refractivity contribution is 5.93. The summed E-state index contributed by atoms with van der Waals surface area (Å²) in [6.45, 7) is 2.27. The van der Waals surface area contributed by atoms with Crippen molar-refractivity contribution >= 4 is 11.7 Å². The van der Waals surface area contributed by atoms with Crippen LogP contribution in [0.15, 0.2) is 18.3 Å². The van der Waals surface area contributed by atoms with E-state index < -0.39 is 0 Å².